The minimum absolute atomic E-state index is 0.110. The van der Waals surface area contributed by atoms with Gasteiger partial charge in [0, 0.05) is 36.0 Å². The molecule has 5 nitrogen and oxygen atoms in total. The van der Waals surface area contributed by atoms with Crippen molar-refractivity contribution in [2.45, 2.75) is 19.3 Å². The molecule has 4 N–H and O–H groups in total. The number of aryl methyl sites for hydroxylation is 1. The van der Waals surface area contributed by atoms with E-state index in [0.29, 0.717) is 6.42 Å². The molecule has 0 fully saturated rings. The summed E-state index contributed by atoms with van der Waals surface area (Å²) in [5, 5.41) is 3.44. The van der Waals surface area contributed by atoms with Gasteiger partial charge < -0.3 is 16.0 Å². The molecule has 0 aliphatic rings. The van der Waals surface area contributed by atoms with E-state index in [0.717, 1.165) is 27.7 Å². The van der Waals surface area contributed by atoms with Gasteiger partial charge in [-0.3, -0.25) is 9.59 Å². The van der Waals surface area contributed by atoms with Crippen LogP contribution >= 0.6 is 0 Å². The van der Waals surface area contributed by atoms with Crippen LogP contribution in [0.1, 0.15) is 18.4 Å². The summed E-state index contributed by atoms with van der Waals surface area (Å²) >= 11 is 0. The summed E-state index contributed by atoms with van der Waals surface area (Å²) in [6, 6.07) is 14.3. The molecule has 0 unspecified atom stereocenters. The van der Waals surface area contributed by atoms with Gasteiger partial charge in [-0.1, -0.05) is 30.3 Å². The smallest absolute Gasteiger partial charge is 0.220 e. The van der Waals surface area contributed by atoms with Gasteiger partial charge in [-0.15, -0.1) is 0 Å². The van der Waals surface area contributed by atoms with Gasteiger partial charge in [0.05, 0.1) is 0 Å². The number of rotatable bonds is 7. The first-order chi connectivity index (χ1) is 12.5. The van der Waals surface area contributed by atoms with Crippen LogP contribution in [0.25, 0.3) is 22.2 Å². The number of fused-ring (bicyclic) bond motifs is 1. The van der Waals surface area contributed by atoms with Gasteiger partial charge in [0.25, 0.3) is 0 Å². The zero-order chi connectivity index (χ0) is 18.5. The maximum absolute atomic E-state index is 13.7. The van der Waals surface area contributed by atoms with Crippen LogP contribution < -0.4 is 11.1 Å². The molecule has 26 heavy (non-hydrogen) atoms. The quantitative estimate of drug-likeness (QED) is 0.610. The molecular formula is C20H20FN3O2. The SMILES string of the molecule is NC(=O)CCNC(=O)CCc1c(-c2ccccc2)[nH]c2ccc(F)cc12. The van der Waals surface area contributed by atoms with Gasteiger partial charge in [0.1, 0.15) is 5.82 Å². The fourth-order valence-corrected chi connectivity index (χ4v) is 2.98. The van der Waals surface area contributed by atoms with Crippen molar-refractivity contribution < 1.29 is 14.0 Å². The second-order valence-electron chi connectivity index (χ2n) is 6.10. The molecule has 0 saturated heterocycles. The molecule has 3 rings (SSSR count). The van der Waals surface area contributed by atoms with E-state index in [4.69, 9.17) is 5.73 Å². The van der Waals surface area contributed by atoms with Gasteiger partial charge in [-0.2, -0.15) is 0 Å². The minimum atomic E-state index is -0.455. The van der Waals surface area contributed by atoms with Gasteiger partial charge in [0.2, 0.25) is 11.8 Å². The summed E-state index contributed by atoms with van der Waals surface area (Å²) in [7, 11) is 0. The summed E-state index contributed by atoms with van der Waals surface area (Å²) in [4.78, 5) is 26.1. The number of hydrogen-bond acceptors (Lipinski definition) is 2. The first-order valence-corrected chi connectivity index (χ1v) is 8.45. The lowest BCUT2D eigenvalue weighted by atomic mass is 10.0. The molecule has 0 spiro atoms. The number of amides is 2. The lowest BCUT2D eigenvalue weighted by Crippen LogP contribution is -2.28. The maximum Gasteiger partial charge on any atom is 0.220 e. The second kappa shape index (κ2) is 7.82. The Balaban J connectivity index is 1.85. The zero-order valence-electron chi connectivity index (χ0n) is 14.2. The number of aromatic nitrogens is 1. The molecule has 0 atom stereocenters. The number of primary amides is 1. The van der Waals surface area contributed by atoms with E-state index in [-0.39, 0.29) is 31.1 Å². The number of H-pyrrole nitrogens is 1. The molecule has 134 valence electrons. The first-order valence-electron chi connectivity index (χ1n) is 8.45. The third-order valence-corrected chi connectivity index (χ3v) is 4.23. The number of aromatic amines is 1. The van der Waals surface area contributed by atoms with Crippen molar-refractivity contribution >= 4 is 22.7 Å². The summed E-state index contributed by atoms with van der Waals surface area (Å²) in [5.74, 6) is -0.942. The third kappa shape index (κ3) is 4.08. The van der Waals surface area contributed by atoms with Crippen molar-refractivity contribution in [1.29, 1.82) is 0 Å². The molecule has 1 aromatic heterocycles. The molecule has 0 aliphatic carbocycles. The Morgan fingerprint density at radius 3 is 2.58 bits per heavy atom. The molecule has 0 saturated carbocycles. The molecule has 1 heterocycles. The Morgan fingerprint density at radius 2 is 1.85 bits per heavy atom. The van der Waals surface area contributed by atoms with Crippen LogP contribution in [0.3, 0.4) is 0 Å². The van der Waals surface area contributed by atoms with Crippen LogP contribution in [0.2, 0.25) is 0 Å². The number of nitrogens with two attached hydrogens (primary N) is 1. The Bertz CT molecular complexity index is 935. The highest BCUT2D eigenvalue weighted by Crippen LogP contribution is 2.31. The highest BCUT2D eigenvalue weighted by Gasteiger charge is 2.15. The average Bonchev–Trinajstić information content (AvgIpc) is 2.98. The Kier molecular flexibility index (Phi) is 5.31. The first kappa shape index (κ1) is 17.7. The molecule has 3 aromatic rings. The van der Waals surface area contributed by atoms with E-state index in [9.17, 15) is 14.0 Å². The number of nitrogens with one attached hydrogen (secondary N) is 2. The topological polar surface area (TPSA) is 88.0 Å². The van der Waals surface area contributed by atoms with Crippen LogP contribution in [0.15, 0.2) is 48.5 Å². The van der Waals surface area contributed by atoms with E-state index in [1.807, 2.05) is 30.3 Å². The van der Waals surface area contributed by atoms with Crippen LogP contribution in [-0.4, -0.2) is 23.3 Å². The van der Waals surface area contributed by atoms with E-state index in [1.165, 1.54) is 12.1 Å². The van der Waals surface area contributed by atoms with Crippen LogP contribution in [0, 0.1) is 5.82 Å². The molecule has 6 heteroatoms. The minimum Gasteiger partial charge on any atom is -0.370 e. The fraction of sp³-hybridized carbons (Fsp3) is 0.200. The Morgan fingerprint density at radius 1 is 1.08 bits per heavy atom. The number of benzene rings is 2. The number of hydrogen-bond donors (Lipinski definition) is 3. The highest BCUT2D eigenvalue weighted by molar-refractivity contribution is 5.91. The lowest BCUT2D eigenvalue weighted by molar-refractivity contribution is -0.121. The lowest BCUT2D eigenvalue weighted by Gasteiger charge is -2.07. The second-order valence-corrected chi connectivity index (χ2v) is 6.10. The van der Waals surface area contributed by atoms with Gasteiger partial charge in [-0.05, 0) is 35.7 Å². The number of carbonyl (C=O) groups excluding carboxylic acids is 2. The van der Waals surface area contributed by atoms with Gasteiger partial charge in [0.15, 0.2) is 0 Å². The molecule has 0 radical (unpaired) electrons. The highest BCUT2D eigenvalue weighted by atomic mass is 19.1. The van der Waals surface area contributed by atoms with Crippen molar-refractivity contribution in [3.63, 3.8) is 0 Å². The van der Waals surface area contributed by atoms with Crippen LogP contribution in [-0.2, 0) is 16.0 Å². The zero-order valence-corrected chi connectivity index (χ0v) is 14.2. The number of halogens is 1. The van der Waals surface area contributed by atoms with Crippen LogP contribution in [0.5, 0.6) is 0 Å². The number of carbonyl (C=O) groups is 2. The predicted octanol–water partition coefficient (Wildman–Crippen LogP) is 2.90. The van der Waals surface area contributed by atoms with Crippen molar-refractivity contribution in [3.05, 3.63) is 59.9 Å². The monoisotopic (exact) mass is 353 g/mol. The molecule has 2 amide bonds. The van der Waals surface area contributed by atoms with Gasteiger partial charge >= 0.3 is 0 Å². The maximum atomic E-state index is 13.7. The predicted molar refractivity (Wildman–Crippen MR) is 98.8 cm³/mol. The Labute approximate surface area is 150 Å². The van der Waals surface area contributed by atoms with E-state index in [1.54, 1.807) is 6.07 Å². The largest absolute Gasteiger partial charge is 0.370 e. The molecule has 2 aromatic carbocycles. The van der Waals surface area contributed by atoms with Crippen molar-refractivity contribution in [2.24, 2.45) is 5.73 Å². The van der Waals surface area contributed by atoms with E-state index in [2.05, 4.69) is 10.3 Å². The summed E-state index contributed by atoms with van der Waals surface area (Å²) in [5.41, 5.74) is 8.65. The summed E-state index contributed by atoms with van der Waals surface area (Å²) in [6.45, 7) is 0.224. The van der Waals surface area contributed by atoms with Crippen molar-refractivity contribution in [3.8, 4) is 11.3 Å². The van der Waals surface area contributed by atoms with Crippen LogP contribution in [0.4, 0.5) is 4.39 Å². The van der Waals surface area contributed by atoms with E-state index < -0.39 is 5.91 Å². The van der Waals surface area contributed by atoms with Crippen molar-refractivity contribution in [2.75, 3.05) is 6.54 Å². The summed E-state index contributed by atoms with van der Waals surface area (Å²) < 4.78 is 13.7. The third-order valence-electron chi connectivity index (χ3n) is 4.23. The fourth-order valence-electron chi connectivity index (χ4n) is 2.98. The van der Waals surface area contributed by atoms with E-state index >= 15 is 0 Å². The molecular weight excluding hydrogens is 333 g/mol. The normalized spacial score (nSPS) is 10.8. The standard InChI is InChI=1S/C20H20FN3O2/c21-14-6-8-17-16(12-14)15(7-9-19(26)23-11-10-18(22)25)20(24-17)13-4-2-1-3-5-13/h1-6,8,12,24H,7,9-11H2,(H2,22,25)(H,23,26). The molecule has 0 bridgehead atoms. The van der Waals surface area contributed by atoms with Gasteiger partial charge in [-0.25, -0.2) is 4.39 Å². The Hall–Kier alpha value is -3.15. The van der Waals surface area contributed by atoms with Crippen molar-refractivity contribution in [1.82, 2.24) is 10.3 Å². The average molecular weight is 353 g/mol. The summed E-state index contributed by atoms with van der Waals surface area (Å²) in [6.07, 6.45) is 0.803. The molecule has 0 aliphatic heterocycles.